The molecule has 4 rings (SSSR count). The normalized spacial score (nSPS) is 52.9. The van der Waals surface area contributed by atoms with Gasteiger partial charge < -0.3 is 20.4 Å². The number of aliphatic hydroxyl groups is 3. The third-order valence-electron chi connectivity index (χ3n) is 10.4. The van der Waals surface area contributed by atoms with E-state index in [9.17, 15) is 20.1 Å². The molecule has 4 unspecified atom stereocenters. The van der Waals surface area contributed by atoms with E-state index >= 15 is 0 Å². The summed E-state index contributed by atoms with van der Waals surface area (Å²) in [6.07, 6.45) is 6.65. The third kappa shape index (κ3) is 3.10. The minimum atomic E-state index is -1.17. The number of carboxylic acid groups (broad SMARTS) is 1. The minimum Gasteiger partial charge on any atom is -0.481 e. The van der Waals surface area contributed by atoms with Crippen molar-refractivity contribution in [2.75, 3.05) is 0 Å². The van der Waals surface area contributed by atoms with Gasteiger partial charge in [0.05, 0.1) is 17.8 Å². The third-order valence-corrected chi connectivity index (χ3v) is 10.4. The summed E-state index contributed by atoms with van der Waals surface area (Å²) in [7, 11) is 0. The van der Waals surface area contributed by atoms with Crippen LogP contribution in [0, 0.1) is 40.4 Å². The summed E-state index contributed by atoms with van der Waals surface area (Å²) in [4.78, 5) is 11.1. The molecule has 0 aromatic heterocycles. The molecule has 4 N–H and O–H groups in total. The molecular formula is C24H40O5. The first-order valence-corrected chi connectivity index (χ1v) is 11.8. The first kappa shape index (κ1) is 21.6. The number of aliphatic hydroxyl groups excluding tert-OH is 2. The van der Waals surface area contributed by atoms with Crippen molar-refractivity contribution in [2.24, 2.45) is 40.4 Å². The Labute approximate surface area is 174 Å². The van der Waals surface area contributed by atoms with Crippen LogP contribution >= 0.6 is 0 Å². The van der Waals surface area contributed by atoms with Gasteiger partial charge in [0.25, 0.3) is 0 Å². The van der Waals surface area contributed by atoms with Gasteiger partial charge in [-0.15, -0.1) is 0 Å². The molecule has 4 aliphatic rings. The van der Waals surface area contributed by atoms with Crippen LogP contribution in [0.3, 0.4) is 0 Å². The van der Waals surface area contributed by atoms with E-state index in [1.54, 1.807) is 0 Å². The number of carbonyl (C=O) groups is 1. The van der Waals surface area contributed by atoms with E-state index in [1.165, 1.54) is 0 Å². The number of fused-ring (bicyclic) bond motifs is 5. The van der Waals surface area contributed by atoms with Crippen LogP contribution in [-0.2, 0) is 4.79 Å². The summed E-state index contributed by atoms with van der Waals surface area (Å²) >= 11 is 0. The highest BCUT2D eigenvalue weighted by atomic mass is 16.4. The Hall–Kier alpha value is -0.650. The predicted molar refractivity (Wildman–Crippen MR) is 110 cm³/mol. The van der Waals surface area contributed by atoms with Gasteiger partial charge in [0.2, 0.25) is 0 Å². The molecule has 10 atom stereocenters. The summed E-state index contributed by atoms with van der Waals surface area (Å²) in [5, 5.41) is 41.9. The van der Waals surface area contributed by atoms with Gasteiger partial charge in [0, 0.05) is 18.3 Å². The van der Waals surface area contributed by atoms with Crippen LogP contribution in [0.2, 0.25) is 0 Å². The van der Waals surface area contributed by atoms with Crippen molar-refractivity contribution in [1.29, 1.82) is 0 Å². The molecule has 0 aromatic rings. The Morgan fingerprint density at radius 3 is 2.48 bits per heavy atom. The summed E-state index contributed by atoms with van der Waals surface area (Å²) in [6.45, 7) is 6.82. The maximum atomic E-state index is 11.5. The molecule has 0 aromatic carbocycles. The molecule has 166 valence electrons. The van der Waals surface area contributed by atoms with Crippen molar-refractivity contribution in [1.82, 2.24) is 0 Å². The van der Waals surface area contributed by atoms with Crippen molar-refractivity contribution in [2.45, 2.75) is 103 Å². The fourth-order valence-corrected chi connectivity index (χ4v) is 8.79. The Balaban J connectivity index is 1.58. The number of carboxylic acids is 1. The number of hydrogen-bond acceptors (Lipinski definition) is 4. The maximum Gasteiger partial charge on any atom is 0.303 e. The highest BCUT2D eigenvalue weighted by Gasteiger charge is 2.67. The van der Waals surface area contributed by atoms with Crippen LogP contribution in [0.5, 0.6) is 0 Å². The van der Waals surface area contributed by atoms with Crippen molar-refractivity contribution in [3.63, 3.8) is 0 Å². The second kappa shape index (κ2) is 7.20. The average molecular weight is 409 g/mol. The molecule has 5 nitrogen and oxygen atoms in total. The lowest BCUT2D eigenvalue weighted by Crippen LogP contribution is -2.68. The average Bonchev–Trinajstić information content (AvgIpc) is 3.00. The molecule has 29 heavy (non-hydrogen) atoms. The van der Waals surface area contributed by atoms with Crippen LogP contribution < -0.4 is 0 Å². The largest absolute Gasteiger partial charge is 0.481 e. The molecule has 0 bridgehead atoms. The van der Waals surface area contributed by atoms with Crippen molar-refractivity contribution in [3.8, 4) is 0 Å². The van der Waals surface area contributed by atoms with E-state index in [-0.39, 0.29) is 17.3 Å². The monoisotopic (exact) mass is 408 g/mol. The predicted octanol–water partition coefficient (Wildman–Crippen LogP) is 3.59. The Kier molecular flexibility index (Phi) is 5.36. The molecule has 0 spiro atoms. The van der Waals surface area contributed by atoms with Crippen molar-refractivity contribution >= 4 is 5.97 Å². The lowest BCUT2D eigenvalue weighted by Gasteiger charge is -2.65. The van der Waals surface area contributed by atoms with E-state index in [0.29, 0.717) is 48.9 Å². The van der Waals surface area contributed by atoms with E-state index in [2.05, 4.69) is 20.8 Å². The molecule has 4 saturated carbocycles. The number of aliphatic carboxylic acids is 1. The van der Waals surface area contributed by atoms with Crippen LogP contribution in [0.4, 0.5) is 0 Å². The SMILES string of the molecule is CC(CCC(=O)O)[C@H]1CCC2C3C[C@@H](O)[C@@]4(O)C[C@@H](O)CC[C@]4(C)C3CC[C@@]21C. The lowest BCUT2D eigenvalue weighted by molar-refractivity contribution is -0.264. The van der Waals surface area contributed by atoms with Gasteiger partial charge in [0.15, 0.2) is 0 Å². The summed E-state index contributed by atoms with van der Waals surface area (Å²) in [5.74, 6) is 1.61. The second-order valence-corrected chi connectivity index (χ2v) is 11.5. The lowest BCUT2D eigenvalue weighted by atomic mass is 9.42. The molecule has 5 heteroatoms. The molecule has 0 amide bonds. The minimum absolute atomic E-state index is 0.207. The topological polar surface area (TPSA) is 98.0 Å². The standard InChI is InChI=1S/C24H40O5/c1-14(4-7-21(27)28)17-5-6-18-16-12-20(26)24(29)13-15(25)8-11-23(24,3)19(16)9-10-22(17,18)2/h14-20,25-26,29H,4-13H2,1-3H3,(H,27,28)/t14?,15-,16?,17+,18?,19?,20+,22+,23+,24-/m0/s1. The van der Waals surface area contributed by atoms with Gasteiger partial charge in [-0.1, -0.05) is 20.8 Å². The molecule has 0 saturated heterocycles. The maximum absolute atomic E-state index is 11.5. The quantitative estimate of drug-likeness (QED) is 0.570. The fraction of sp³-hybridized carbons (Fsp3) is 0.958. The molecule has 4 aliphatic carbocycles. The van der Waals surface area contributed by atoms with Gasteiger partial charge in [-0.2, -0.15) is 0 Å². The number of rotatable bonds is 4. The van der Waals surface area contributed by atoms with E-state index < -0.39 is 23.8 Å². The first-order valence-electron chi connectivity index (χ1n) is 11.8. The molecular weight excluding hydrogens is 368 g/mol. The van der Waals surface area contributed by atoms with Crippen LogP contribution in [-0.4, -0.2) is 44.2 Å². The molecule has 0 radical (unpaired) electrons. The summed E-state index contributed by atoms with van der Waals surface area (Å²) < 4.78 is 0. The van der Waals surface area contributed by atoms with Gasteiger partial charge in [-0.05, 0) is 86.4 Å². The van der Waals surface area contributed by atoms with Gasteiger partial charge in [-0.3, -0.25) is 4.79 Å². The number of hydrogen-bond donors (Lipinski definition) is 4. The van der Waals surface area contributed by atoms with Crippen LogP contribution in [0.1, 0.15) is 85.0 Å². The molecule has 4 fully saturated rings. The summed E-state index contributed by atoms with van der Waals surface area (Å²) in [6, 6.07) is 0. The zero-order chi connectivity index (χ0) is 21.2. The van der Waals surface area contributed by atoms with Crippen LogP contribution in [0.25, 0.3) is 0 Å². The summed E-state index contributed by atoms with van der Waals surface area (Å²) in [5.41, 5.74) is -1.30. The Morgan fingerprint density at radius 1 is 1.07 bits per heavy atom. The van der Waals surface area contributed by atoms with Crippen molar-refractivity contribution in [3.05, 3.63) is 0 Å². The highest BCUT2D eigenvalue weighted by molar-refractivity contribution is 5.66. The van der Waals surface area contributed by atoms with Gasteiger partial charge in [0.1, 0.15) is 0 Å². The van der Waals surface area contributed by atoms with E-state index in [1.807, 2.05) is 0 Å². The zero-order valence-corrected chi connectivity index (χ0v) is 18.3. The Bertz CT molecular complexity index is 651. The van der Waals surface area contributed by atoms with Gasteiger partial charge in [-0.25, -0.2) is 0 Å². The Morgan fingerprint density at radius 2 is 1.79 bits per heavy atom. The molecule has 0 aliphatic heterocycles. The fourth-order valence-electron chi connectivity index (χ4n) is 8.79. The van der Waals surface area contributed by atoms with Gasteiger partial charge >= 0.3 is 5.97 Å². The molecule has 0 heterocycles. The van der Waals surface area contributed by atoms with E-state index in [0.717, 1.165) is 38.5 Å². The zero-order valence-electron chi connectivity index (χ0n) is 18.3. The smallest absolute Gasteiger partial charge is 0.303 e. The highest BCUT2D eigenvalue weighted by Crippen LogP contribution is 2.69. The van der Waals surface area contributed by atoms with Crippen molar-refractivity contribution < 1.29 is 25.2 Å². The second-order valence-electron chi connectivity index (χ2n) is 11.5. The first-order chi connectivity index (χ1) is 13.5. The van der Waals surface area contributed by atoms with Crippen LogP contribution in [0.15, 0.2) is 0 Å². The van der Waals surface area contributed by atoms with E-state index in [4.69, 9.17) is 5.11 Å².